The Morgan fingerprint density at radius 1 is 0.292 bits per heavy atom. The van der Waals surface area contributed by atoms with Crippen LogP contribution in [0.3, 0.4) is 0 Å². The molecule has 6 aromatic carbocycles. The van der Waals surface area contributed by atoms with E-state index in [4.69, 9.17) is 15.0 Å². The van der Waals surface area contributed by atoms with E-state index in [1.54, 1.807) is 0 Å². The first-order valence-corrected chi connectivity index (χ1v) is 16.5. The number of aromatic nitrogens is 3. The van der Waals surface area contributed by atoms with Crippen molar-refractivity contribution >= 4 is 0 Å². The Morgan fingerprint density at radius 3 is 0.750 bits per heavy atom. The van der Waals surface area contributed by atoms with Crippen molar-refractivity contribution in [2.75, 3.05) is 0 Å². The van der Waals surface area contributed by atoms with Gasteiger partial charge in [-0.15, -0.1) is 0 Å². The van der Waals surface area contributed by atoms with Crippen LogP contribution in [0.25, 0.3) is 67.5 Å². The second-order valence-corrected chi connectivity index (χ2v) is 13.6. The third-order valence-electron chi connectivity index (χ3n) is 8.92. The van der Waals surface area contributed by atoms with Gasteiger partial charge in [0.15, 0.2) is 17.5 Å². The lowest BCUT2D eigenvalue weighted by molar-refractivity contribution is 0.590. The first kappa shape index (κ1) is 31.0. The van der Waals surface area contributed by atoms with E-state index >= 15 is 0 Å². The first-order valence-electron chi connectivity index (χ1n) is 16.5. The maximum atomic E-state index is 5.01. The van der Waals surface area contributed by atoms with Crippen molar-refractivity contribution in [2.45, 2.75) is 40.0 Å². The maximum absolute atomic E-state index is 5.01. The second kappa shape index (κ2) is 12.8. The summed E-state index contributed by atoms with van der Waals surface area (Å²) in [6.45, 7) is 10.9. The van der Waals surface area contributed by atoms with Gasteiger partial charge in [0.25, 0.3) is 0 Å². The molecule has 0 saturated heterocycles. The molecule has 48 heavy (non-hydrogen) atoms. The highest BCUT2D eigenvalue weighted by atomic mass is 15.0. The summed E-state index contributed by atoms with van der Waals surface area (Å²) in [7, 11) is 0. The van der Waals surface area contributed by atoms with E-state index in [2.05, 4.69) is 180 Å². The summed E-state index contributed by atoms with van der Waals surface area (Å²) in [6, 6.07) is 51.5. The van der Waals surface area contributed by atoms with Crippen molar-refractivity contribution in [1.82, 2.24) is 15.0 Å². The van der Waals surface area contributed by atoms with Gasteiger partial charge in [0, 0.05) is 16.7 Å². The molecule has 0 spiro atoms. The summed E-state index contributed by atoms with van der Waals surface area (Å²) in [4.78, 5) is 15.0. The molecule has 0 radical (unpaired) electrons. The van der Waals surface area contributed by atoms with Crippen LogP contribution in [0.5, 0.6) is 0 Å². The van der Waals surface area contributed by atoms with E-state index in [9.17, 15) is 0 Å². The minimum atomic E-state index is 0.123. The van der Waals surface area contributed by atoms with E-state index < -0.39 is 0 Å². The number of nitrogens with zero attached hydrogens (tertiary/aromatic N) is 3. The fourth-order valence-electron chi connectivity index (χ4n) is 5.85. The number of benzene rings is 6. The zero-order chi connectivity index (χ0) is 33.3. The largest absolute Gasteiger partial charge is 0.208 e. The monoisotopic (exact) mass is 621 g/mol. The summed E-state index contributed by atoms with van der Waals surface area (Å²) in [6.07, 6.45) is 0. The molecule has 0 saturated carbocycles. The minimum Gasteiger partial charge on any atom is -0.208 e. The highest BCUT2D eigenvalue weighted by molar-refractivity contribution is 5.73. The summed E-state index contributed by atoms with van der Waals surface area (Å²) in [5.41, 5.74) is 13.8. The fourth-order valence-corrected chi connectivity index (χ4v) is 5.85. The predicted octanol–water partition coefficient (Wildman–Crippen LogP) is 11.8. The molecule has 0 atom stereocenters. The van der Waals surface area contributed by atoms with Crippen LogP contribution in [0.1, 0.15) is 37.5 Å². The highest BCUT2D eigenvalue weighted by Crippen LogP contribution is 2.31. The first-order chi connectivity index (χ1) is 23.2. The molecule has 7 aromatic rings. The van der Waals surface area contributed by atoms with Crippen molar-refractivity contribution < 1.29 is 0 Å². The molecule has 7 rings (SSSR count). The van der Waals surface area contributed by atoms with Gasteiger partial charge in [0.1, 0.15) is 0 Å². The van der Waals surface area contributed by atoms with Crippen molar-refractivity contribution in [2.24, 2.45) is 0 Å². The zero-order valence-electron chi connectivity index (χ0n) is 28.2. The Balaban J connectivity index is 1.25. The van der Waals surface area contributed by atoms with Crippen LogP contribution in [0.4, 0.5) is 0 Å². The zero-order valence-corrected chi connectivity index (χ0v) is 28.2. The van der Waals surface area contributed by atoms with Crippen LogP contribution in [0.2, 0.25) is 0 Å². The smallest absolute Gasteiger partial charge is 0.164 e. The summed E-state index contributed by atoms with van der Waals surface area (Å²) in [5.74, 6) is 1.94. The van der Waals surface area contributed by atoms with Crippen LogP contribution < -0.4 is 0 Å². The molecule has 0 aliphatic heterocycles. The van der Waals surface area contributed by atoms with Crippen LogP contribution >= 0.6 is 0 Å². The van der Waals surface area contributed by atoms with E-state index in [0.29, 0.717) is 17.5 Å². The van der Waals surface area contributed by atoms with E-state index in [1.165, 1.54) is 33.4 Å². The minimum absolute atomic E-state index is 0.123. The van der Waals surface area contributed by atoms with E-state index in [-0.39, 0.29) is 5.41 Å². The molecule has 0 fully saturated rings. The van der Waals surface area contributed by atoms with Gasteiger partial charge in [-0.3, -0.25) is 0 Å². The van der Waals surface area contributed by atoms with Crippen LogP contribution in [0.15, 0.2) is 146 Å². The van der Waals surface area contributed by atoms with Crippen LogP contribution in [-0.4, -0.2) is 15.0 Å². The SMILES string of the molecule is Cc1ccc(-c2ccc(-c3nc(-c4ccc(-c5ccc(C)cc5)cc4)nc(-c4ccc(-c5ccc(C(C)(C)C)cc5)cc4)n3)cc2)cc1. The molecule has 1 heterocycles. The summed E-state index contributed by atoms with van der Waals surface area (Å²) >= 11 is 0. The van der Waals surface area contributed by atoms with Crippen LogP contribution in [-0.2, 0) is 5.41 Å². The van der Waals surface area contributed by atoms with Gasteiger partial charge in [-0.1, -0.05) is 177 Å². The fraction of sp³-hybridized carbons (Fsp3) is 0.133. The van der Waals surface area contributed by atoms with Crippen molar-refractivity contribution in [3.63, 3.8) is 0 Å². The highest BCUT2D eigenvalue weighted by Gasteiger charge is 2.15. The van der Waals surface area contributed by atoms with Gasteiger partial charge in [-0.05, 0) is 58.2 Å². The van der Waals surface area contributed by atoms with Gasteiger partial charge >= 0.3 is 0 Å². The molecule has 1 aromatic heterocycles. The van der Waals surface area contributed by atoms with Gasteiger partial charge in [-0.2, -0.15) is 0 Å². The molecule has 3 heteroatoms. The molecule has 0 unspecified atom stereocenters. The average molecular weight is 622 g/mol. The maximum Gasteiger partial charge on any atom is 0.164 e. The van der Waals surface area contributed by atoms with Gasteiger partial charge in [0.05, 0.1) is 0 Å². The second-order valence-electron chi connectivity index (χ2n) is 13.6. The summed E-state index contributed by atoms with van der Waals surface area (Å²) < 4.78 is 0. The molecule has 3 nitrogen and oxygen atoms in total. The molecular formula is C45H39N3. The molecule has 234 valence electrons. The molecule has 0 aliphatic rings. The number of rotatable bonds is 6. The third kappa shape index (κ3) is 6.72. The van der Waals surface area contributed by atoms with Gasteiger partial charge in [0.2, 0.25) is 0 Å². The normalized spacial score (nSPS) is 11.4. The Labute approximate surface area is 284 Å². The van der Waals surface area contributed by atoms with Crippen molar-refractivity contribution in [3.05, 3.63) is 162 Å². The van der Waals surface area contributed by atoms with E-state index in [1.807, 2.05) is 0 Å². The molecule has 0 amide bonds. The Bertz CT molecular complexity index is 2050. The Kier molecular flexibility index (Phi) is 8.29. The standard InChI is InChI=1S/C45H39N3/c1-30-6-10-32(11-7-30)34-14-20-38(21-15-34)42-46-43(39-22-16-35(17-23-39)33-12-8-31(2)9-13-33)48-44(47-42)40-24-18-36(19-25-40)37-26-28-41(29-27-37)45(3,4)5/h6-29H,1-5H3. The van der Waals surface area contributed by atoms with Crippen LogP contribution in [0, 0.1) is 13.8 Å². The predicted molar refractivity (Wildman–Crippen MR) is 201 cm³/mol. The Hall–Kier alpha value is -5.67. The van der Waals surface area contributed by atoms with Crippen molar-refractivity contribution in [1.29, 1.82) is 0 Å². The lowest BCUT2D eigenvalue weighted by atomic mass is 9.86. The quantitative estimate of drug-likeness (QED) is 0.185. The number of hydrogen-bond acceptors (Lipinski definition) is 3. The lowest BCUT2D eigenvalue weighted by Crippen LogP contribution is -2.10. The molecule has 0 bridgehead atoms. The molecule has 0 aliphatic carbocycles. The lowest BCUT2D eigenvalue weighted by Gasteiger charge is -2.19. The topological polar surface area (TPSA) is 38.7 Å². The summed E-state index contributed by atoms with van der Waals surface area (Å²) in [5, 5.41) is 0. The van der Waals surface area contributed by atoms with Crippen molar-refractivity contribution in [3.8, 4) is 67.5 Å². The Morgan fingerprint density at radius 2 is 0.500 bits per heavy atom. The van der Waals surface area contributed by atoms with Gasteiger partial charge < -0.3 is 0 Å². The van der Waals surface area contributed by atoms with E-state index in [0.717, 1.165) is 33.4 Å². The third-order valence-corrected chi connectivity index (χ3v) is 8.92. The number of aryl methyl sites for hydroxylation is 2. The molecule has 0 N–H and O–H groups in total. The number of hydrogen-bond donors (Lipinski definition) is 0. The molecular weight excluding hydrogens is 583 g/mol. The average Bonchev–Trinajstić information content (AvgIpc) is 3.12. The van der Waals surface area contributed by atoms with Gasteiger partial charge in [-0.25, -0.2) is 15.0 Å².